The van der Waals surface area contributed by atoms with Gasteiger partial charge < -0.3 is 24.3 Å². The Labute approximate surface area is 208 Å². The average molecular weight is 588 g/mol. The summed E-state index contributed by atoms with van der Waals surface area (Å²) >= 11 is 0.798. The lowest BCUT2D eigenvalue weighted by Gasteiger charge is -2.35. The average Bonchev–Trinajstić information content (AvgIpc) is 3.25. The highest BCUT2D eigenvalue weighted by Crippen LogP contribution is 2.32. The lowest BCUT2D eigenvalue weighted by molar-refractivity contribution is -0.0713. The number of alkyl halides is 3. The first-order chi connectivity index (χ1) is 16.2. The minimum Gasteiger partial charge on any atom is -0.422 e. The van der Waals surface area contributed by atoms with Crippen molar-refractivity contribution in [2.45, 2.75) is 23.0 Å². The van der Waals surface area contributed by atoms with Crippen molar-refractivity contribution in [2.24, 2.45) is 7.05 Å². The second-order valence-corrected chi connectivity index (χ2v) is 9.37. The summed E-state index contributed by atoms with van der Waals surface area (Å²) < 4.78 is 48.6. The number of ether oxygens (including phenoxy) is 2. The number of halogens is 4. The van der Waals surface area contributed by atoms with E-state index in [9.17, 15) is 18.0 Å². The van der Waals surface area contributed by atoms with E-state index in [0.717, 1.165) is 47.1 Å². The molecule has 3 heterocycles. The molecule has 0 atom stereocenters. The van der Waals surface area contributed by atoms with E-state index in [1.807, 2.05) is 24.1 Å². The molecule has 1 saturated heterocycles. The third-order valence-electron chi connectivity index (χ3n) is 5.62. The molecule has 7 nitrogen and oxygen atoms in total. The Morgan fingerprint density at radius 3 is 2.82 bits per heavy atom. The van der Waals surface area contributed by atoms with Gasteiger partial charge >= 0.3 is 4.12 Å². The molecule has 1 amide bonds. The van der Waals surface area contributed by atoms with E-state index < -0.39 is 15.7 Å². The highest BCUT2D eigenvalue weighted by molar-refractivity contribution is 14.1. The number of aryl methyl sites for hydroxylation is 1. The van der Waals surface area contributed by atoms with Crippen molar-refractivity contribution in [3.05, 3.63) is 65.5 Å². The smallest absolute Gasteiger partial charge is 0.422 e. The van der Waals surface area contributed by atoms with Crippen LogP contribution in [-0.4, -0.2) is 56.8 Å². The van der Waals surface area contributed by atoms with Gasteiger partial charge in [0, 0.05) is 56.9 Å². The number of dihydropyridines is 1. The topological polar surface area (TPSA) is 68.6 Å². The van der Waals surface area contributed by atoms with E-state index >= 15 is 0 Å². The van der Waals surface area contributed by atoms with Crippen LogP contribution in [0.25, 0.3) is 5.70 Å². The molecule has 0 saturated carbocycles. The van der Waals surface area contributed by atoms with Crippen molar-refractivity contribution < 1.29 is 27.4 Å². The van der Waals surface area contributed by atoms with Crippen LogP contribution < -0.4 is 10.1 Å². The first kappa shape index (κ1) is 24.6. The normalized spacial score (nSPS) is 17.0. The summed E-state index contributed by atoms with van der Waals surface area (Å²) in [4.78, 5) is 19.3. The molecular weight excluding hydrogens is 564 g/mol. The van der Waals surface area contributed by atoms with Gasteiger partial charge in [-0.15, -0.1) is 0 Å². The maximum Gasteiger partial charge on any atom is 0.451 e. The Hall–Kier alpha value is -2.54. The van der Waals surface area contributed by atoms with Gasteiger partial charge in [-0.25, -0.2) is 9.37 Å². The number of aromatic nitrogens is 2. The van der Waals surface area contributed by atoms with Crippen molar-refractivity contribution >= 4 is 34.2 Å². The standard InChI is InChI=1S/C23H24F3IN4O3/c1-30-13-20(29-14-30)22(32)31(17-5-8-33-9-6-17)12-15-4-7-28-19(10-15)16-2-3-18(24)21(11-16)34-23(25,26)27/h2-4,10-11,13-14,17,28H,5-9,12H2,1H3. The van der Waals surface area contributed by atoms with Gasteiger partial charge in [-0.2, -0.15) is 8.78 Å². The largest absolute Gasteiger partial charge is 0.451 e. The van der Waals surface area contributed by atoms with Crippen LogP contribution >= 0.6 is 22.6 Å². The van der Waals surface area contributed by atoms with Crippen LogP contribution in [0.1, 0.15) is 28.9 Å². The van der Waals surface area contributed by atoms with Gasteiger partial charge in [0.2, 0.25) is 0 Å². The molecule has 0 bridgehead atoms. The van der Waals surface area contributed by atoms with Crippen molar-refractivity contribution in [2.75, 3.05) is 26.3 Å². The Kier molecular flexibility index (Phi) is 7.51. The van der Waals surface area contributed by atoms with Crippen LogP contribution in [-0.2, 0) is 11.8 Å². The summed E-state index contributed by atoms with van der Waals surface area (Å²) in [6, 6.07) is 3.82. The number of nitrogens with zero attached hydrogens (tertiary/aromatic N) is 3. The van der Waals surface area contributed by atoms with Crippen LogP contribution in [0.5, 0.6) is 5.75 Å². The molecule has 182 valence electrons. The molecular formula is C23H24F3IN4O3. The molecule has 2 aromatic rings. The number of hydrogen-bond acceptors (Lipinski definition) is 5. The fourth-order valence-corrected chi connectivity index (χ4v) is 4.22. The number of rotatable bonds is 7. The summed E-state index contributed by atoms with van der Waals surface area (Å²) in [6.07, 6.45) is 8.52. The molecule has 0 unspecified atom stereocenters. The fourth-order valence-electron chi connectivity index (χ4n) is 3.99. The van der Waals surface area contributed by atoms with Gasteiger partial charge in [-0.05, 0) is 42.7 Å². The van der Waals surface area contributed by atoms with E-state index in [1.54, 1.807) is 17.1 Å². The molecule has 2 aliphatic rings. The van der Waals surface area contributed by atoms with Crippen LogP contribution in [0, 0.1) is 5.82 Å². The van der Waals surface area contributed by atoms with Gasteiger partial charge in [0.25, 0.3) is 5.91 Å². The lowest BCUT2D eigenvalue weighted by Crippen LogP contribution is -2.44. The lowest BCUT2D eigenvalue weighted by atomic mass is 10.0. The third kappa shape index (κ3) is 6.12. The molecule has 1 N–H and O–H groups in total. The van der Waals surface area contributed by atoms with E-state index in [0.29, 0.717) is 43.3 Å². The molecule has 1 aromatic heterocycles. The number of nitrogens with one attached hydrogen (secondary N) is 1. The van der Waals surface area contributed by atoms with Gasteiger partial charge in [-0.3, -0.25) is 4.79 Å². The highest BCUT2D eigenvalue weighted by atomic mass is 127. The molecule has 1 aromatic carbocycles. The monoisotopic (exact) mass is 588 g/mol. The quantitative estimate of drug-likeness (QED) is 0.390. The summed E-state index contributed by atoms with van der Waals surface area (Å²) in [5.41, 5.74) is 2.36. The highest BCUT2D eigenvalue weighted by Gasteiger charge is 2.30. The van der Waals surface area contributed by atoms with E-state index in [1.165, 1.54) is 12.1 Å². The summed E-state index contributed by atoms with van der Waals surface area (Å²) in [5.74, 6) is -1.58. The predicted molar refractivity (Wildman–Crippen MR) is 128 cm³/mol. The van der Waals surface area contributed by atoms with Crippen LogP contribution in [0.4, 0.5) is 13.2 Å². The van der Waals surface area contributed by atoms with Crippen molar-refractivity contribution in [3.63, 3.8) is 0 Å². The molecule has 4 rings (SSSR count). The van der Waals surface area contributed by atoms with Crippen molar-refractivity contribution in [3.8, 4) is 5.75 Å². The second-order valence-electron chi connectivity index (χ2n) is 8.11. The first-order valence-corrected chi connectivity index (χ1v) is 11.8. The minimum absolute atomic E-state index is 0.00704. The molecule has 34 heavy (non-hydrogen) atoms. The number of carbonyl (C=O) groups excluding carboxylic acids is 1. The van der Waals surface area contributed by atoms with E-state index in [2.05, 4.69) is 15.0 Å². The molecule has 0 aliphatic carbocycles. The third-order valence-corrected chi connectivity index (χ3v) is 5.84. The van der Waals surface area contributed by atoms with Gasteiger partial charge in [0.05, 0.1) is 28.9 Å². The zero-order chi connectivity index (χ0) is 24.3. The zero-order valence-corrected chi connectivity index (χ0v) is 20.6. The van der Waals surface area contributed by atoms with Gasteiger partial charge in [0.1, 0.15) is 5.69 Å². The number of benzene rings is 1. The number of amides is 1. The zero-order valence-electron chi connectivity index (χ0n) is 18.4. The first-order valence-electron chi connectivity index (χ1n) is 10.8. The summed E-state index contributed by atoms with van der Waals surface area (Å²) in [6.45, 7) is 1.98. The van der Waals surface area contributed by atoms with Crippen LogP contribution in [0.15, 0.2) is 48.4 Å². The molecule has 1 fully saturated rings. The number of carbonyl (C=O) groups is 1. The van der Waals surface area contributed by atoms with E-state index in [4.69, 9.17) is 4.74 Å². The van der Waals surface area contributed by atoms with Crippen molar-refractivity contribution in [1.82, 2.24) is 19.8 Å². The number of hydrogen-bond donors (Lipinski definition) is 1. The summed E-state index contributed by atoms with van der Waals surface area (Å²) in [5, 5.41) is 3.17. The predicted octanol–water partition coefficient (Wildman–Crippen LogP) is 4.12. The molecule has 11 heteroatoms. The van der Waals surface area contributed by atoms with Crippen molar-refractivity contribution in [1.29, 1.82) is 0 Å². The van der Waals surface area contributed by atoms with Crippen LogP contribution in [0.3, 0.4) is 0 Å². The Morgan fingerprint density at radius 2 is 2.15 bits per heavy atom. The number of imidazole rings is 1. The Morgan fingerprint density at radius 1 is 1.38 bits per heavy atom. The minimum atomic E-state index is -3.54. The summed E-state index contributed by atoms with van der Waals surface area (Å²) in [7, 11) is 1.81. The second kappa shape index (κ2) is 10.4. The van der Waals surface area contributed by atoms with E-state index in [-0.39, 0.29) is 11.9 Å². The Bertz CT molecular complexity index is 1110. The maximum absolute atomic E-state index is 14.0. The molecule has 0 spiro atoms. The van der Waals surface area contributed by atoms with Crippen LogP contribution in [0.2, 0.25) is 0 Å². The maximum atomic E-state index is 14.0. The Balaban J connectivity index is 1.58. The SMILES string of the molecule is Cn1cnc(C(=O)N(CC2=CCNC(c3ccc(F)c(OC(F)(F)I)c3)=C2)C2CCOCC2)c1. The fraction of sp³-hybridized carbons (Fsp3) is 0.391. The molecule has 0 radical (unpaired) electrons. The molecule has 2 aliphatic heterocycles. The van der Waals surface area contributed by atoms with Gasteiger partial charge in [0.15, 0.2) is 11.6 Å². The van der Waals surface area contributed by atoms with Gasteiger partial charge in [-0.1, -0.05) is 6.08 Å².